The van der Waals surface area contributed by atoms with Gasteiger partial charge in [-0.2, -0.15) is 0 Å². The summed E-state index contributed by atoms with van der Waals surface area (Å²) in [5.41, 5.74) is 2.41. The van der Waals surface area contributed by atoms with Crippen molar-refractivity contribution in [3.05, 3.63) is 82.7 Å². The van der Waals surface area contributed by atoms with Crippen molar-refractivity contribution in [1.29, 1.82) is 0 Å². The highest BCUT2D eigenvalue weighted by Gasteiger charge is 2.39. The van der Waals surface area contributed by atoms with Crippen LogP contribution < -0.4 is 4.57 Å². The van der Waals surface area contributed by atoms with Crippen molar-refractivity contribution in [2.24, 2.45) is 7.05 Å². The Balaban J connectivity index is 1.74. The zero-order chi connectivity index (χ0) is 32.4. The zero-order valence-corrected chi connectivity index (χ0v) is 20.5. The van der Waals surface area contributed by atoms with Crippen LogP contribution in [0.2, 0.25) is 0 Å². The minimum atomic E-state index is -2.91. The quantitative estimate of drug-likeness (QED) is 0.235. The van der Waals surface area contributed by atoms with Gasteiger partial charge in [-0.25, -0.2) is 4.57 Å². The number of pyridine rings is 2. The van der Waals surface area contributed by atoms with Crippen LogP contribution in [0.25, 0.3) is 44.5 Å². The summed E-state index contributed by atoms with van der Waals surface area (Å²) in [4.78, 5) is 4.51. The highest BCUT2D eigenvalue weighted by Crippen LogP contribution is 2.52. The van der Waals surface area contributed by atoms with Crippen LogP contribution in [0, 0.1) is 13.8 Å². The standard InChI is InChI=1S/C32H33N2O/c1-18-11-12-20-21-13-14-22-27(28-23(32(22,6)7)10-9-15-33-28)30(21)35-29(20)26(18)25-16-24(31(3,4)5)19(2)17-34(25)8/h9-17H,1-8H3/q+1/i2D3,6D3,7D3. The topological polar surface area (TPSA) is 29.9 Å². The van der Waals surface area contributed by atoms with Gasteiger partial charge < -0.3 is 4.42 Å². The second-order valence-corrected chi connectivity index (χ2v) is 10.6. The van der Waals surface area contributed by atoms with Gasteiger partial charge in [-0.05, 0) is 47.5 Å². The molecule has 0 atom stereocenters. The summed E-state index contributed by atoms with van der Waals surface area (Å²) in [7, 11) is 1.80. The van der Waals surface area contributed by atoms with E-state index < -0.39 is 31.4 Å². The monoisotopic (exact) mass is 470 g/mol. The van der Waals surface area contributed by atoms with E-state index in [0.717, 1.165) is 22.2 Å². The third-order valence-electron chi connectivity index (χ3n) is 7.21. The van der Waals surface area contributed by atoms with Gasteiger partial charge in [0, 0.05) is 51.9 Å². The van der Waals surface area contributed by atoms with E-state index in [1.165, 1.54) is 12.3 Å². The molecule has 5 aromatic rings. The predicted molar refractivity (Wildman–Crippen MR) is 144 cm³/mol. The molecule has 0 saturated carbocycles. The first-order valence-electron chi connectivity index (χ1n) is 16.2. The molecule has 0 spiro atoms. The van der Waals surface area contributed by atoms with E-state index in [1.807, 2.05) is 45.9 Å². The van der Waals surface area contributed by atoms with E-state index in [4.69, 9.17) is 16.8 Å². The van der Waals surface area contributed by atoms with Crippen molar-refractivity contribution < 1.29 is 21.3 Å². The Morgan fingerprint density at radius 2 is 1.69 bits per heavy atom. The van der Waals surface area contributed by atoms with E-state index in [9.17, 15) is 0 Å². The molecule has 0 aliphatic heterocycles. The fourth-order valence-corrected chi connectivity index (χ4v) is 5.44. The molecule has 0 fully saturated rings. The number of hydrogen-bond donors (Lipinski definition) is 0. The number of aromatic nitrogens is 2. The average Bonchev–Trinajstić information content (AvgIpc) is 3.41. The van der Waals surface area contributed by atoms with Crippen molar-refractivity contribution >= 4 is 21.9 Å². The molecular formula is C32H33N2O+. The normalized spacial score (nSPS) is 19.4. The number of furan rings is 1. The summed E-state index contributed by atoms with van der Waals surface area (Å²) >= 11 is 0. The lowest BCUT2D eigenvalue weighted by molar-refractivity contribution is -0.660. The van der Waals surface area contributed by atoms with Crippen molar-refractivity contribution in [3.8, 4) is 22.5 Å². The SMILES string of the molecule is [2H]C([2H])([2H])c1c[n+](C)c(-c2c(C)ccc3c2oc2c4c(ccc23)C(C([2H])([2H])[2H])(C([2H])([2H])[2H])c2cccnc2-4)cc1C(C)(C)C. The number of benzene rings is 2. The minimum absolute atomic E-state index is 0.126. The molecule has 0 radical (unpaired) electrons. The molecule has 6 rings (SSSR count). The van der Waals surface area contributed by atoms with Gasteiger partial charge in [0.1, 0.15) is 18.2 Å². The van der Waals surface area contributed by atoms with E-state index in [1.54, 1.807) is 36.0 Å². The van der Waals surface area contributed by atoms with Gasteiger partial charge in [0.15, 0.2) is 6.20 Å². The molecule has 3 heterocycles. The maximum Gasteiger partial charge on any atom is 0.216 e. The summed E-state index contributed by atoms with van der Waals surface area (Å²) in [5.74, 6) is 0. The van der Waals surface area contributed by atoms with Gasteiger partial charge in [-0.3, -0.25) is 4.98 Å². The van der Waals surface area contributed by atoms with Crippen LogP contribution in [0.3, 0.4) is 0 Å². The van der Waals surface area contributed by atoms with Crippen LogP contribution in [-0.4, -0.2) is 4.98 Å². The first-order valence-corrected chi connectivity index (χ1v) is 11.7. The van der Waals surface area contributed by atoms with Crippen molar-refractivity contribution in [2.45, 2.75) is 59.1 Å². The second kappa shape index (κ2) is 7.04. The molecule has 3 nitrogen and oxygen atoms in total. The van der Waals surface area contributed by atoms with Crippen LogP contribution in [0.4, 0.5) is 0 Å². The van der Waals surface area contributed by atoms with E-state index in [2.05, 4.69) is 4.98 Å². The lowest BCUT2D eigenvalue weighted by atomic mass is 9.82. The predicted octanol–water partition coefficient (Wildman–Crippen LogP) is 7.69. The average molecular weight is 471 g/mol. The van der Waals surface area contributed by atoms with E-state index in [0.29, 0.717) is 27.7 Å². The van der Waals surface area contributed by atoms with Crippen molar-refractivity contribution in [1.82, 2.24) is 4.98 Å². The highest BCUT2D eigenvalue weighted by molar-refractivity contribution is 6.14. The molecule has 35 heavy (non-hydrogen) atoms. The maximum absolute atomic E-state index is 8.51. The zero-order valence-electron chi connectivity index (χ0n) is 29.5. The molecule has 0 N–H and O–H groups in total. The third-order valence-corrected chi connectivity index (χ3v) is 7.21. The van der Waals surface area contributed by atoms with Crippen molar-refractivity contribution in [3.63, 3.8) is 0 Å². The second-order valence-electron chi connectivity index (χ2n) is 10.6. The van der Waals surface area contributed by atoms with Gasteiger partial charge in [0.25, 0.3) is 0 Å². The highest BCUT2D eigenvalue weighted by atomic mass is 16.3. The molecule has 3 aromatic heterocycles. The van der Waals surface area contributed by atoms with Crippen LogP contribution in [0.1, 0.15) is 74.6 Å². The summed E-state index contributed by atoms with van der Waals surface area (Å²) < 4.78 is 84.1. The summed E-state index contributed by atoms with van der Waals surface area (Å²) in [6.07, 6.45) is 3.18. The van der Waals surface area contributed by atoms with Gasteiger partial charge in [-0.15, -0.1) is 0 Å². The Morgan fingerprint density at radius 3 is 2.40 bits per heavy atom. The number of hydrogen-bond acceptors (Lipinski definition) is 2. The summed E-state index contributed by atoms with van der Waals surface area (Å²) in [6.45, 7) is -0.248. The fraction of sp³-hybridized carbons (Fsp3) is 0.312. The summed E-state index contributed by atoms with van der Waals surface area (Å²) in [6, 6.07) is 12.2. The third kappa shape index (κ3) is 2.97. The molecule has 0 unspecified atom stereocenters. The Hall–Kier alpha value is -3.46. The van der Waals surface area contributed by atoms with Gasteiger partial charge in [0.05, 0.1) is 11.3 Å². The number of nitrogens with zero attached hydrogens (tertiary/aromatic N) is 2. The van der Waals surface area contributed by atoms with Crippen LogP contribution in [-0.2, 0) is 17.9 Å². The number of aryl methyl sites for hydroxylation is 3. The molecule has 1 aliphatic rings. The van der Waals surface area contributed by atoms with Gasteiger partial charge >= 0.3 is 0 Å². The van der Waals surface area contributed by atoms with Crippen LogP contribution >= 0.6 is 0 Å². The Bertz CT molecular complexity index is 1980. The molecule has 3 heteroatoms. The summed E-state index contributed by atoms with van der Waals surface area (Å²) in [5, 5.41) is 1.46. The molecular weight excluding hydrogens is 428 g/mol. The van der Waals surface area contributed by atoms with Gasteiger partial charge in [-0.1, -0.05) is 64.8 Å². The fourth-order valence-electron chi connectivity index (χ4n) is 5.44. The minimum Gasteiger partial charge on any atom is -0.454 e. The molecule has 0 bridgehead atoms. The molecule has 1 aliphatic carbocycles. The van der Waals surface area contributed by atoms with Crippen molar-refractivity contribution in [2.75, 3.05) is 0 Å². The largest absolute Gasteiger partial charge is 0.454 e. The maximum atomic E-state index is 8.51. The van der Waals surface area contributed by atoms with Gasteiger partial charge in [0.2, 0.25) is 5.69 Å². The first-order chi connectivity index (χ1) is 20.2. The Kier molecular flexibility index (Phi) is 2.85. The lowest BCUT2D eigenvalue weighted by Gasteiger charge is -2.21. The number of rotatable bonds is 1. The molecule has 176 valence electrons. The smallest absolute Gasteiger partial charge is 0.216 e. The Labute approximate surface area is 220 Å². The molecule has 2 aromatic carbocycles. The van der Waals surface area contributed by atoms with E-state index >= 15 is 0 Å². The molecule has 0 saturated heterocycles. The molecule has 0 amide bonds. The number of fused-ring (bicyclic) bond motifs is 7. The first kappa shape index (κ1) is 14.2. The van der Waals surface area contributed by atoms with Crippen LogP contribution in [0.5, 0.6) is 0 Å². The lowest BCUT2D eigenvalue weighted by Crippen LogP contribution is -2.33. The van der Waals surface area contributed by atoms with Crippen LogP contribution in [0.15, 0.2) is 59.3 Å². The Morgan fingerprint density at radius 1 is 0.943 bits per heavy atom. The van der Waals surface area contributed by atoms with E-state index in [-0.39, 0.29) is 22.4 Å².